The van der Waals surface area contributed by atoms with E-state index in [1.54, 1.807) is 0 Å². The molecule has 0 aliphatic carbocycles. The molecule has 3 rings (SSSR count). The minimum Gasteiger partial charge on any atom is -0.454 e. The molecule has 0 atom stereocenters. The largest absolute Gasteiger partial charge is 0.454 e. The van der Waals surface area contributed by atoms with Crippen molar-refractivity contribution in [3.05, 3.63) is 52.4 Å². The Kier molecular flexibility index (Phi) is 5.06. The van der Waals surface area contributed by atoms with Crippen LogP contribution in [0.1, 0.15) is 16.2 Å². The van der Waals surface area contributed by atoms with Crippen molar-refractivity contribution in [1.82, 2.24) is 24.9 Å². The molecule has 0 aliphatic heterocycles. The fourth-order valence-corrected chi connectivity index (χ4v) is 2.04. The number of amides is 1. The molecule has 0 bridgehead atoms. The van der Waals surface area contributed by atoms with Gasteiger partial charge in [0, 0.05) is 30.1 Å². The third-order valence-corrected chi connectivity index (χ3v) is 3.27. The Hall–Kier alpha value is -3.77. The summed E-state index contributed by atoms with van der Waals surface area (Å²) < 4.78 is 46.8. The zero-order valence-corrected chi connectivity index (χ0v) is 13.9. The third-order valence-electron chi connectivity index (χ3n) is 3.27. The smallest absolute Gasteiger partial charge is 0.422 e. The Bertz CT molecular complexity index is 1040. The highest BCUT2D eigenvalue weighted by molar-refractivity contribution is 5.90. The molecule has 10 nitrogen and oxygen atoms in total. The Morgan fingerprint density at radius 2 is 1.96 bits per heavy atom. The van der Waals surface area contributed by atoms with Gasteiger partial charge in [-0.25, -0.2) is 14.6 Å². The van der Waals surface area contributed by atoms with E-state index in [2.05, 4.69) is 25.0 Å². The molecule has 1 amide bonds. The zero-order chi connectivity index (χ0) is 20.3. The number of hydrogen-bond donors (Lipinski definition) is 1. The maximum absolute atomic E-state index is 12.1. The average Bonchev–Trinajstić information content (AvgIpc) is 3.11. The lowest BCUT2D eigenvalue weighted by Gasteiger charge is -2.08. The zero-order valence-electron chi connectivity index (χ0n) is 13.9. The van der Waals surface area contributed by atoms with Gasteiger partial charge in [0.05, 0.1) is 5.69 Å². The van der Waals surface area contributed by atoms with Crippen LogP contribution in [0.15, 0.2) is 39.9 Å². The standard InChI is InChI=1S/C15H11F3N6O4/c16-15(17,18)7-27-14-20-4-8(5-21-14)10-1-2-12(25)24(22-10)6-9-3-11(13(19)26)23-28-9/h1-5H,6-7H2,(H2,19,26). The van der Waals surface area contributed by atoms with E-state index in [0.717, 1.165) is 4.68 Å². The molecule has 0 aliphatic rings. The van der Waals surface area contributed by atoms with Crippen LogP contribution in [0.25, 0.3) is 11.3 Å². The van der Waals surface area contributed by atoms with Crippen LogP contribution in [0.5, 0.6) is 6.01 Å². The number of rotatable bonds is 6. The van der Waals surface area contributed by atoms with Gasteiger partial charge in [0.15, 0.2) is 18.1 Å². The van der Waals surface area contributed by atoms with Crippen LogP contribution in [0.2, 0.25) is 0 Å². The van der Waals surface area contributed by atoms with Gasteiger partial charge in [0.2, 0.25) is 0 Å². The summed E-state index contributed by atoms with van der Waals surface area (Å²) >= 11 is 0. The van der Waals surface area contributed by atoms with Gasteiger partial charge >= 0.3 is 12.2 Å². The molecular formula is C15H11F3N6O4. The lowest BCUT2D eigenvalue weighted by atomic mass is 10.2. The van der Waals surface area contributed by atoms with Gasteiger partial charge in [0.1, 0.15) is 6.54 Å². The summed E-state index contributed by atoms with van der Waals surface area (Å²) in [5.74, 6) is -0.610. The first-order valence-electron chi connectivity index (χ1n) is 7.57. The monoisotopic (exact) mass is 396 g/mol. The van der Waals surface area contributed by atoms with Gasteiger partial charge in [-0.1, -0.05) is 5.16 Å². The number of carbonyl (C=O) groups is 1. The van der Waals surface area contributed by atoms with Crippen LogP contribution in [0, 0.1) is 0 Å². The fraction of sp³-hybridized carbons (Fsp3) is 0.200. The number of carbonyl (C=O) groups excluding carboxylic acids is 1. The quantitative estimate of drug-likeness (QED) is 0.645. The Morgan fingerprint density at radius 3 is 2.57 bits per heavy atom. The number of alkyl halides is 3. The summed E-state index contributed by atoms with van der Waals surface area (Å²) in [6.07, 6.45) is -2.10. The summed E-state index contributed by atoms with van der Waals surface area (Å²) in [6, 6.07) is 3.44. The van der Waals surface area contributed by atoms with Crippen LogP contribution in [-0.2, 0) is 6.54 Å². The van der Waals surface area contributed by atoms with Crippen molar-refractivity contribution in [3.63, 3.8) is 0 Å². The number of ether oxygens (including phenoxy) is 1. The first kappa shape index (κ1) is 19.0. The molecule has 3 aromatic heterocycles. The summed E-state index contributed by atoms with van der Waals surface area (Å²) in [7, 11) is 0. The number of aromatic nitrogens is 5. The van der Waals surface area contributed by atoms with Crippen LogP contribution in [0.4, 0.5) is 13.2 Å². The molecule has 2 N–H and O–H groups in total. The number of primary amides is 1. The van der Waals surface area contributed by atoms with E-state index < -0.39 is 30.3 Å². The van der Waals surface area contributed by atoms with E-state index in [1.807, 2.05) is 0 Å². The van der Waals surface area contributed by atoms with Gasteiger partial charge in [-0.2, -0.15) is 18.3 Å². The predicted octanol–water partition coefficient (Wildman–Crippen LogP) is 0.777. The van der Waals surface area contributed by atoms with Crippen molar-refractivity contribution < 1.29 is 27.2 Å². The Balaban J connectivity index is 1.78. The van der Waals surface area contributed by atoms with Crippen molar-refractivity contribution in [2.75, 3.05) is 6.61 Å². The minimum absolute atomic E-state index is 0.0953. The van der Waals surface area contributed by atoms with E-state index in [4.69, 9.17) is 10.3 Å². The van der Waals surface area contributed by atoms with Gasteiger partial charge < -0.3 is 15.0 Å². The van der Waals surface area contributed by atoms with Crippen LogP contribution in [0.3, 0.4) is 0 Å². The second-order valence-electron chi connectivity index (χ2n) is 5.42. The van der Waals surface area contributed by atoms with E-state index in [-0.39, 0.29) is 23.7 Å². The number of nitrogens with two attached hydrogens (primary N) is 1. The third kappa shape index (κ3) is 4.69. The molecule has 3 heterocycles. The van der Waals surface area contributed by atoms with Gasteiger partial charge in [-0.15, -0.1) is 0 Å². The molecule has 3 aromatic rings. The minimum atomic E-state index is -4.51. The summed E-state index contributed by atoms with van der Waals surface area (Å²) in [5.41, 5.74) is 5.13. The molecule has 28 heavy (non-hydrogen) atoms. The topological polar surface area (TPSA) is 139 Å². The molecule has 146 valence electrons. The van der Waals surface area contributed by atoms with Crippen LogP contribution < -0.4 is 16.0 Å². The van der Waals surface area contributed by atoms with E-state index >= 15 is 0 Å². The maximum Gasteiger partial charge on any atom is 0.422 e. The van der Waals surface area contributed by atoms with Crippen molar-refractivity contribution in [2.45, 2.75) is 12.7 Å². The molecule has 0 unspecified atom stereocenters. The summed E-state index contributed by atoms with van der Waals surface area (Å²) in [4.78, 5) is 30.4. The normalized spacial score (nSPS) is 11.4. The molecule has 0 aromatic carbocycles. The van der Waals surface area contributed by atoms with Crippen molar-refractivity contribution in [1.29, 1.82) is 0 Å². The molecule has 0 saturated carbocycles. The SMILES string of the molecule is NC(=O)c1cc(Cn2nc(-c3cnc(OCC(F)(F)F)nc3)ccc2=O)on1. The molecule has 0 spiro atoms. The molecule has 0 saturated heterocycles. The number of halogens is 3. The fourth-order valence-electron chi connectivity index (χ4n) is 2.04. The lowest BCUT2D eigenvalue weighted by molar-refractivity contribution is -0.154. The number of hydrogen-bond acceptors (Lipinski definition) is 8. The lowest BCUT2D eigenvalue weighted by Crippen LogP contribution is -2.22. The first-order chi connectivity index (χ1) is 13.2. The van der Waals surface area contributed by atoms with E-state index in [9.17, 15) is 22.8 Å². The van der Waals surface area contributed by atoms with Crippen molar-refractivity contribution in [3.8, 4) is 17.3 Å². The van der Waals surface area contributed by atoms with Crippen molar-refractivity contribution >= 4 is 5.91 Å². The van der Waals surface area contributed by atoms with E-state index in [1.165, 1.54) is 30.6 Å². The highest BCUT2D eigenvalue weighted by Crippen LogP contribution is 2.18. The summed E-state index contributed by atoms with van der Waals surface area (Å²) in [6.45, 7) is -1.64. The first-order valence-corrected chi connectivity index (χ1v) is 7.57. The van der Waals surface area contributed by atoms with Gasteiger partial charge in [-0.3, -0.25) is 9.59 Å². The van der Waals surface area contributed by atoms with Gasteiger partial charge in [0.25, 0.3) is 11.5 Å². The second-order valence-corrected chi connectivity index (χ2v) is 5.42. The molecule has 0 radical (unpaired) electrons. The summed E-state index contributed by atoms with van der Waals surface area (Å²) in [5, 5.41) is 7.57. The van der Waals surface area contributed by atoms with E-state index in [0.29, 0.717) is 5.56 Å². The second kappa shape index (κ2) is 7.46. The highest BCUT2D eigenvalue weighted by atomic mass is 19.4. The molecular weight excluding hydrogens is 385 g/mol. The maximum atomic E-state index is 12.1. The average molecular weight is 396 g/mol. The van der Waals surface area contributed by atoms with Crippen LogP contribution >= 0.6 is 0 Å². The van der Waals surface area contributed by atoms with Crippen molar-refractivity contribution in [2.24, 2.45) is 5.73 Å². The van der Waals surface area contributed by atoms with Gasteiger partial charge in [-0.05, 0) is 6.07 Å². The molecule has 13 heteroatoms. The highest BCUT2D eigenvalue weighted by Gasteiger charge is 2.28. The predicted molar refractivity (Wildman–Crippen MR) is 85.2 cm³/mol. The Labute approximate surface area is 153 Å². The Morgan fingerprint density at radius 1 is 1.25 bits per heavy atom. The van der Waals surface area contributed by atoms with Crippen LogP contribution in [-0.4, -0.2) is 43.6 Å². The number of nitrogens with zero attached hydrogens (tertiary/aromatic N) is 5. The molecule has 0 fully saturated rings.